The van der Waals surface area contributed by atoms with Crippen LogP contribution in [0.5, 0.6) is 0 Å². The first-order valence-corrected chi connectivity index (χ1v) is 5.00. The first kappa shape index (κ1) is 8.97. The van der Waals surface area contributed by atoms with E-state index in [2.05, 4.69) is 10.6 Å². The van der Waals surface area contributed by atoms with E-state index in [1.807, 2.05) is 4.90 Å². The Labute approximate surface area is 78.7 Å². The zero-order valence-electron chi connectivity index (χ0n) is 7.83. The van der Waals surface area contributed by atoms with Gasteiger partial charge in [-0.05, 0) is 13.0 Å². The third-order valence-corrected chi connectivity index (χ3v) is 2.78. The van der Waals surface area contributed by atoms with Gasteiger partial charge in [0.15, 0.2) is 0 Å². The molecule has 0 bridgehead atoms. The maximum absolute atomic E-state index is 11.8. The van der Waals surface area contributed by atoms with Gasteiger partial charge >= 0.3 is 0 Å². The van der Waals surface area contributed by atoms with Crippen LogP contribution < -0.4 is 10.6 Å². The van der Waals surface area contributed by atoms with Gasteiger partial charge in [0.2, 0.25) is 5.91 Å². The van der Waals surface area contributed by atoms with E-state index in [0.717, 1.165) is 45.7 Å². The topological polar surface area (TPSA) is 46.4 Å². The summed E-state index contributed by atoms with van der Waals surface area (Å²) in [6, 6.07) is 0. The second-order valence-corrected chi connectivity index (χ2v) is 3.69. The number of carbonyl (C=O) groups is 1. The minimum atomic E-state index is 0.234. The third kappa shape index (κ3) is 2.00. The van der Waals surface area contributed by atoms with Crippen LogP contribution in [0.4, 0.5) is 0 Å². The summed E-state index contributed by atoms with van der Waals surface area (Å²) in [7, 11) is 0. The monoisotopic (exact) mass is 182 g/mol. The number of carbonyl (C=O) groups excluding carboxylic acids is 1. The molecule has 2 fully saturated rings. The number of hydrogen-bond donors (Lipinski definition) is 1. The molecule has 1 radical (unpaired) electrons. The molecule has 0 spiro atoms. The first-order valence-electron chi connectivity index (χ1n) is 5.00. The van der Waals surface area contributed by atoms with E-state index in [9.17, 15) is 4.79 Å². The minimum absolute atomic E-state index is 0.234. The van der Waals surface area contributed by atoms with Crippen molar-refractivity contribution in [1.29, 1.82) is 0 Å². The molecule has 1 N–H and O–H groups in total. The average Bonchev–Trinajstić information content (AvgIpc) is 2.71. The lowest BCUT2D eigenvalue weighted by Gasteiger charge is -2.28. The van der Waals surface area contributed by atoms with Crippen LogP contribution in [0.2, 0.25) is 0 Å². The van der Waals surface area contributed by atoms with Crippen LogP contribution in [0.25, 0.3) is 0 Å². The van der Waals surface area contributed by atoms with Crippen molar-refractivity contribution in [2.24, 2.45) is 5.92 Å². The van der Waals surface area contributed by atoms with Gasteiger partial charge in [-0.25, -0.2) is 5.32 Å². The van der Waals surface area contributed by atoms with Crippen LogP contribution in [0.15, 0.2) is 0 Å². The van der Waals surface area contributed by atoms with Crippen molar-refractivity contribution in [2.75, 3.05) is 39.3 Å². The Balaban J connectivity index is 1.87. The van der Waals surface area contributed by atoms with E-state index < -0.39 is 0 Å². The van der Waals surface area contributed by atoms with Gasteiger partial charge in [0.05, 0.1) is 5.92 Å². The molecule has 2 aliphatic rings. The van der Waals surface area contributed by atoms with Crippen molar-refractivity contribution < 1.29 is 4.79 Å². The van der Waals surface area contributed by atoms with Crippen LogP contribution in [0.3, 0.4) is 0 Å². The quantitative estimate of drug-likeness (QED) is 0.568. The van der Waals surface area contributed by atoms with Crippen molar-refractivity contribution in [2.45, 2.75) is 6.42 Å². The van der Waals surface area contributed by atoms with Crippen molar-refractivity contribution in [3.8, 4) is 0 Å². The Morgan fingerprint density at radius 2 is 2.15 bits per heavy atom. The van der Waals surface area contributed by atoms with Gasteiger partial charge in [-0.2, -0.15) is 0 Å². The molecule has 73 valence electrons. The molecule has 1 atom stereocenters. The van der Waals surface area contributed by atoms with E-state index in [1.54, 1.807) is 0 Å². The zero-order chi connectivity index (χ0) is 9.10. The van der Waals surface area contributed by atoms with Crippen LogP contribution in [0, 0.1) is 5.92 Å². The standard InChI is InChI=1S/C9H16N3O/c13-9(8-1-2-11-7-8)12-5-3-10-4-6-12/h8,11H,1-7H2. The summed E-state index contributed by atoms with van der Waals surface area (Å²) < 4.78 is 0. The van der Waals surface area contributed by atoms with Crippen LogP contribution in [0.1, 0.15) is 6.42 Å². The predicted octanol–water partition coefficient (Wildman–Crippen LogP) is -0.957. The van der Waals surface area contributed by atoms with E-state index >= 15 is 0 Å². The maximum Gasteiger partial charge on any atom is 0.227 e. The number of amides is 1. The number of rotatable bonds is 1. The molecular weight excluding hydrogens is 166 g/mol. The van der Waals surface area contributed by atoms with Gasteiger partial charge in [-0.15, -0.1) is 0 Å². The molecule has 4 heteroatoms. The highest BCUT2D eigenvalue weighted by molar-refractivity contribution is 5.79. The van der Waals surface area contributed by atoms with Crippen molar-refractivity contribution in [3.63, 3.8) is 0 Å². The Morgan fingerprint density at radius 3 is 2.77 bits per heavy atom. The minimum Gasteiger partial charge on any atom is -0.340 e. The Morgan fingerprint density at radius 1 is 1.38 bits per heavy atom. The summed E-state index contributed by atoms with van der Waals surface area (Å²) >= 11 is 0. The van der Waals surface area contributed by atoms with E-state index in [1.165, 1.54) is 0 Å². The van der Waals surface area contributed by atoms with Gasteiger partial charge in [0, 0.05) is 32.7 Å². The van der Waals surface area contributed by atoms with Crippen molar-refractivity contribution in [1.82, 2.24) is 15.5 Å². The van der Waals surface area contributed by atoms with E-state index in [0.29, 0.717) is 5.91 Å². The number of piperazine rings is 1. The SMILES string of the molecule is O=C(C1CCNC1)N1CC[N]CC1. The molecular formula is C9H16N3O. The van der Waals surface area contributed by atoms with Crippen LogP contribution in [-0.4, -0.2) is 50.1 Å². The summed E-state index contributed by atoms with van der Waals surface area (Å²) in [6.45, 7) is 5.17. The highest BCUT2D eigenvalue weighted by atomic mass is 16.2. The second kappa shape index (κ2) is 4.07. The lowest BCUT2D eigenvalue weighted by atomic mass is 10.1. The Hall–Kier alpha value is -0.610. The highest BCUT2D eigenvalue weighted by Crippen LogP contribution is 2.11. The number of hydrogen-bond acceptors (Lipinski definition) is 2. The Bertz CT molecular complexity index is 183. The summed E-state index contributed by atoms with van der Waals surface area (Å²) in [4.78, 5) is 13.8. The molecule has 2 saturated heterocycles. The largest absolute Gasteiger partial charge is 0.340 e. The van der Waals surface area contributed by atoms with Crippen LogP contribution in [-0.2, 0) is 4.79 Å². The smallest absolute Gasteiger partial charge is 0.227 e. The fourth-order valence-corrected chi connectivity index (χ4v) is 1.95. The summed E-state index contributed by atoms with van der Waals surface area (Å²) in [5.41, 5.74) is 0. The number of nitrogens with zero attached hydrogens (tertiary/aromatic N) is 2. The molecule has 0 aliphatic carbocycles. The highest BCUT2D eigenvalue weighted by Gasteiger charge is 2.27. The number of nitrogens with one attached hydrogen (secondary N) is 1. The zero-order valence-corrected chi connectivity index (χ0v) is 7.83. The molecule has 0 saturated carbocycles. The van der Waals surface area contributed by atoms with Crippen LogP contribution >= 0.6 is 0 Å². The maximum atomic E-state index is 11.8. The van der Waals surface area contributed by atoms with Gasteiger partial charge in [0.1, 0.15) is 0 Å². The molecule has 1 amide bonds. The summed E-state index contributed by atoms with van der Waals surface area (Å²) in [5, 5.41) is 7.45. The fraction of sp³-hybridized carbons (Fsp3) is 0.889. The molecule has 4 nitrogen and oxygen atoms in total. The lowest BCUT2D eigenvalue weighted by molar-refractivity contribution is -0.135. The van der Waals surface area contributed by atoms with Crippen molar-refractivity contribution in [3.05, 3.63) is 0 Å². The van der Waals surface area contributed by atoms with Gasteiger partial charge in [0.25, 0.3) is 0 Å². The Kier molecular flexibility index (Phi) is 2.80. The molecule has 13 heavy (non-hydrogen) atoms. The second-order valence-electron chi connectivity index (χ2n) is 3.69. The van der Waals surface area contributed by atoms with Gasteiger partial charge in [-0.3, -0.25) is 4.79 Å². The average molecular weight is 182 g/mol. The fourth-order valence-electron chi connectivity index (χ4n) is 1.95. The summed E-state index contributed by atoms with van der Waals surface area (Å²) in [5.74, 6) is 0.568. The van der Waals surface area contributed by atoms with Gasteiger partial charge in [-0.1, -0.05) is 0 Å². The molecule has 0 aromatic carbocycles. The molecule has 0 aromatic rings. The van der Waals surface area contributed by atoms with E-state index in [-0.39, 0.29) is 5.92 Å². The molecule has 0 aromatic heterocycles. The third-order valence-electron chi connectivity index (χ3n) is 2.78. The van der Waals surface area contributed by atoms with Crippen molar-refractivity contribution >= 4 is 5.91 Å². The lowest BCUT2D eigenvalue weighted by Crippen LogP contribution is -2.46. The summed E-state index contributed by atoms with van der Waals surface area (Å²) in [6.07, 6.45) is 1.01. The molecule has 1 unspecified atom stereocenters. The molecule has 2 aliphatic heterocycles. The van der Waals surface area contributed by atoms with Gasteiger partial charge < -0.3 is 10.2 Å². The predicted molar refractivity (Wildman–Crippen MR) is 49.4 cm³/mol. The normalized spacial score (nSPS) is 29.2. The molecule has 2 rings (SSSR count). The molecule has 2 heterocycles. The van der Waals surface area contributed by atoms with E-state index in [4.69, 9.17) is 0 Å². The first-order chi connectivity index (χ1) is 6.38.